The van der Waals surface area contributed by atoms with E-state index in [0.29, 0.717) is 38.4 Å². The molecule has 0 unspecified atom stereocenters. The molecule has 0 aromatic heterocycles. The summed E-state index contributed by atoms with van der Waals surface area (Å²) >= 11 is 0. The van der Waals surface area contributed by atoms with Crippen molar-refractivity contribution in [1.29, 1.82) is 5.26 Å². The Balaban J connectivity index is 1.68. The lowest BCUT2D eigenvalue weighted by molar-refractivity contribution is -0.129. The molecule has 5 nitrogen and oxygen atoms in total. The molecule has 1 aliphatic rings. The maximum Gasteiger partial charge on any atom is 0.266 e. The van der Waals surface area contributed by atoms with Crippen molar-refractivity contribution >= 4 is 11.6 Å². The first-order valence-corrected chi connectivity index (χ1v) is 10.2. The Bertz CT molecular complexity index is 928. The Kier molecular flexibility index (Phi) is 7.08. The Hall–Kier alpha value is -3.33. The highest BCUT2D eigenvalue weighted by Gasteiger charge is 2.24. The van der Waals surface area contributed by atoms with Crippen molar-refractivity contribution in [3.8, 4) is 6.07 Å². The summed E-state index contributed by atoms with van der Waals surface area (Å²) < 4.78 is 14.0. The topological polar surface area (TPSA) is 50.6 Å². The summed E-state index contributed by atoms with van der Waals surface area (Å²) in [6.07, 6.45) is 1.65. The van der Waals surface area contributed by atoms with Gasteiger partial charge in [-0.15, -0.1) is 0 Å². The van der Waals surface area contributed by atoms with Crippen LogP contribution >= 0.6 is 0 Å². The molecule has 0 radical (unpaired) electrons. The largest absolute Gasteiger partial charge is 0.373 e. The van der Waals surface area contributed by atoms with Gasteiger partial charge in [-0.3, -0.25) is 4.79 Å². The van der Waals surface area contributed by atoms with Crippen LogP contribution in [0.1, 0.15) is 19.4 Å². The van der Waals surface area contributed by atoms with Crippen molar-refractivity contribution in [1.82, 2.24) is 9.80 Å². The summed E-state index contributed by atoms with van der Waals surface area (Å²) in [5.74, 6) is -0.504. The molecular weight excluding hydrogens is 379 g/mol. The molecule has 156 valence electrons. The molecular formula is C24H27FN4O. The average molecular weight is 407 g/mol. The molecule has 1 heterocycles. The molecule has 1 amide bonds. The fourth-order valence-electron chi connectivity index (χ4n) is 3.54. The van der Waals surface area contributed by atoms with Crippen molar-refractivity contribution in [2.45, 2.75) is 26.4 Å². The number of anilines is 1. The monoisotopic (exact) mass is 406 g/mol. The van der Waals surface area contributed by atoms with Crippen molar-refractivity contribution in [2.24, 2.45) is 0 Å². The summed E-state index contributed by atoms with van der Waals surface area (Å²) in [6.45, 7) is 6.84. The zero-order valence-corrected chi connectivity index (χ0v) is 17.5. The second-order valence-electron chi connectivity index (χ2n) is 7.64. The molecule has 30 heavy (non-hydrogen) atoms. The maximum absolute atomic E-state index is 14.0. The van der Waals surface area contributed by atoms with E-state index in [-0.39, 0.29) is 23.3 Å². The first-order valence-electron chi connectivity index (χ1n) is 10.2. The second-order valence-corrected chi connectivity index (χ2v) is 7.64. The quantitative estimate of drug-likeness (QED) is 0.541. The Morgan fingerprint density at radius 1 is 1.10 bits per heavy atom. The lowest BCUT2D eigenvalue weighted by atomic mass is 10.1. The number of nitrogens with zero attached hydrogens (tertiary/aromatic N) is 4. The molecule has 1 aliphatic heterocycles. The lowest BCUT2D eigenvalue weighted by Gasteiger charge is -2.36. The fourth-order valence-corrected chi connectivity index (χ4v) is 3.54. The van der Waals surface area contributed by atoms with E-state index in [9.17, 15) is 14.4 Å². The number of benzene rings is 2. The number of rotatable bonds is 6. The zero-order chi connectivity index (χ0) is 21.5. The third-order valence-corrected chi connectivity index (χ3v) is 5.25. The van der Waals surface area contributed by atoms with Gasteiger partial charge in [-0.2, -0.15) is 5.26 Å². The van der Waals surface area contributed by atoms with Crippen molar-refractivity contribution < 1.29 is 9.18 Å². The third-order valence-electron chi connectivity index (χ3n) is 5.25. The molecule has 0 bridgehead atoms. The van der Waals surface area contributed by atoms with E-state index in [4.69, 9.17) is 0 Å². The van der Waals surface area contributed by atoms with E-state index < -0.39 is 0 Å². The standard InChI is InChI=1S/C24H27FN4O/c1-19(2)29(17-20-8-4-3-5-9-20)24(30)21(16-26)18-27-12-14-28(15-13-27)23-11-7-6-10-22(23)25/h3-11,18-19H,12-15,17H2,1-2H3/b21-18-. The van der Waals surface area contributed by atoms with Gasteiger partial charge in [0.25, 0.3) is 5.91 Å². The fraction of sp³-hybridized carbons (Fsp3) is 0.333. The van der Waals surface area contributed by atoms with Crippen molar-refractivity contribution in [3.63, 3.8) is 0 Å². The molecule has 0 aliphatic carbocycles. The number of hydrogen-bond acceptors (Lipinski definition) is 4. The highest BCUT2D eigenvalue weighted by molar-refractivity contribution is 5.97. The van der Waals surface area contributed by atoms with Crippen LogP contribution in [0.15, 0.2) is 66.4 Å². The van der Waals surface area contributed by atoms with E-state index >= 15 is 0 Å². The predicted octanol–water partition coefficient (Wildman–Crippen LogP) is 3.79. The second kappa shape index (κ2) is 9.93. The van der Waals surface area contributed by atoms with Gasteiger partial charge in [-0.1, -0.05) is 42.5 Å². The maximum atomic E-state index is 14.0. The smallest absolute Gasteiger partial charge is 0.266 e. The van der Waals surface area contributed by atoms with Crippen LogP contribution in [0.5, 0.6) is 0 Å². The van der Waals surface area contributed by atoms with E-state index in [1.807, 2.05) is 60.0 Å². The van der Waals surface area contributed by atoms with Gasteiger partial charge >= 0.3 is 0 Å². The van der Waals surface area contributed by atoms with Crippen molar-refractivity contribution in [3.05, 3.63) is 77.8 Å². The first-order chi connectivity index (χ1) is 14.5. The summed E-state index contributed by atoms with van der Waals surface area (Å²) in [4.78, 5) is 18.7. The van der Waals surface area contributed by atoms with Gasteiger partial charge in [-0.05, 0) is 31.5 Å². The van der Waals surface area contributed by atoms with Crippen LogP contribution in [0.25, 0.3) is 0 Å². The van der Waals surface area contributed by atoms with Crippen molar-refractivity contribution in [2.75, 3.05) is 31.1 Å². The number of halogens is 1. The molecule has 1 fully saturated rings. The molecule has 0 atom stereocenters. The minimum absolute atomic E-state index is 0.0349. The molecule has 0 saturated carbocycles. The zero-order valence-electron chi connectivity index (χ0n) is 17.5. The number of nitriles is 1. The average Bonchev–Trinajstić information content (AvgIpc) is 2.77. The van der Waals surface area contributed by atoms with E-state index in [2.05, 4.69) is 6.07 Å². The number of carbonyl (C=O) groups is 1. The molecule has 0 N–H and O–H groups in total. The molecule has 0 spiro atoms. The van der Waals surface area contributed by atoms with Gasteiger partial charge in [0.1, 0.15) is 17.5 Å². The Morgan fingerprint density at radius 3 is 2.33 bits per heavy atom. The Morgan fingerprint density at radius 2 is 1.73 bits per heavy atom. The van der Waals surface area contributed by atoms with Crippen LogP contribution in [-0.2, 0) is 11.3 Å². The van der Waals surface area contributed by atoms with E-state index in [1.165, 1.54) is 6.07 Å². The number of para-hydroxylation sites is 1. The van der Waals surface area contributed by atoms with E-state index in [1.54, 1.807) is 23.2 Å². The van der Waals surface area contributed by atoms with Gasteiger partial charge in [0.05, 0.1) is 5.69 Å². The summed E-state index contributed by atoms with van der Waals surface area (Å²) in [5, 5.41) is 9.64. The van der Waals surface area contributed by atoms with Crippen LogP contribution < -0.4 is 4.90 Å². The van der Waals surface area contributed by atoms with Crippen LogP contribution in [0, 0.1) is 17.1 Å². The molecule has 6 heteroatoms. The number of hydrogen-bond donors (Lipinski definition) is 0. The van der Waals surface area contributed by atoms with Crippen LogP contribution in [0.4, 0.5) is 10.1 Å². The summed E-state index contributed by atoms with van der Waals surface area (Å²) in [7, 11) is 0. The molecule has 2 aromatic rings. The molecule has 2 aromatic carbocycles. The minimum Gasteiger partial charge on any atom is -0.373 e. The normalized spacial score (nSPS) is 14.6. The number of amides is 1. The Labute approximate surface area is 177 Å². The lowest BCUT2D eigenvalue weighted by Crippen LogP contribution is -2.45. The van der Waals surface area contributed by atoms with Gasteiger partial charge in [0.2, 0.25) is 0 Å². The van der Waals surface area contributed by atoms with Crippen LogP contribution in [-0.4, -0.2) is 47.9 Å². The first kappa shape index (κ1) is 21.4. The van der Waals surface area contributed by atoms with Gasteiger partial charge < -0.3 is 14.7 Å². The van der Waals surface area contributed by atoms with Gasteiger partial charge in [0.15, 0.2) is 0 Å². The third kappa shape index (κ3) is 5.18. The summed E-state index contributed by atoms with van der Waals surface area (Å²) in [6, 6.07) is 18.5. The van der Waals surface area contributed by atoms with Crippen LogP contribution in [0.3, 0.4) is 0 Å². The molecule has 1 saturated heterocycles. The van der Waals surface area contributed by atoms with Gasteiger partial charge in [-0.25, -0.2) is 4.39 Å². The number of piperazine rings is 1. The predicted molar refractivity (Wildman–Crippen MR) is 116 cm³/mol. The molecule has 3 rings (SSSR count). The van der Waals surface area contributed by atoms with Crippen LogP contribution in [0.2, 0.25) is 0 Å². The highest BCUT2D eigenvalue weighted by atomic mass is 19.1. The van der Waals surface area contributed by atoms with E-state index in [0.717, 1.165) is 5.56 Å². The number of carbonyl (C=O) groups excluding carboxylic acids is 1. The SMILES string of the molecule is CC(C)N(Cc1ccccc1)C(=O)/C(C#N)=C\N1CCN(c2ccccc2F)CC1. The van der Waals surface area contributed by atoms with Gasteiger partial charge in [0, 0.05) is 45.0 Å². The minimum atomic E-state index is -0.270. The summed E-state index contributed by atoms with van der Waals surface area (Å²) in [5.41, 5.74) is 1.74. The highest BCUT2D eigenvalue weighted by Crippen LogP contribution is 2.21.